The average Bonchev–Trinajstić information content (AvgIpc) is 2.46. The summed E-state index contributed by atoms with van der Waals surface area (Å²) in [6.45, 7) is 4.37. The topological polar surface area (TPSA) is 44.5 Å². The maximum absolute atomic E-state index is 6.62. The molecule has 0 spiro atoms. The van der Waals surface area contributed by atoms with Gasteiger partial charge >= 0.3 is 0 Å². The molecule has 1 aliphatic rings. The average molecular weight is 277 g/mol. The number of rotatable bonds is 4. The van der Waals surface area contributed by atoms with Crippen LogP contribution in [0.15, 0.2) is 18.2 Å². The number of hydrogen-bond acceptors (Lipinski definition) is 3. The van der Waals surface area contributed by atoms with Gasteiger partial charge in [0.2, 0.25) is 0 Å². The summed E-state index contributed by atoms with van der Waals surface area (Å²) in [5, 5.41) is 0. The lowest BCUT2D eigenvalue weighted by molar-refractivity contribution is -0.0721. The minimum Gasteiger partial charge on any atom is -0.496 e. The van der Waals surface area contributed by atoms with E-state index in [1.165, 1.54) is 18.4 Å². The summed E-state index contributed by atoms with van der Waals surface area (Å²) in [6, 6.07) is 6.03. The van der Waals surface area contributed by atoms with Gasteiger partial charge in [0.1, 0.15) is 5.75 Å². The number of methoxy groups -OCH3 is 2. The van der Waals surface area contributed by atoms with Crippen LogP contribution in [0.5, 0.6) is 5.75 Å². The van der Waals surface area contributed by atoms with Crippen LogP contribution in [0, 0.1) is 12.8 Å². The van der Waals surface area contributed by atoms with Crippen molar-refractivity contribution >= 4 is 0 Å². The molecule has 0 amide bonds. The van der Waals surface area contributed by atoms with E-state index in [2.05, 4.69) is 26.0 Å². The molecule has 3 nitrogen and oxygen atoms in total. The van der Waals surface area contributed by atoms with Crippen molar-refractivity contribution in [3.8, 4) is 5.75 Å². The lowest BCUT2D eigenvalue weighted by Crippen LogP contribution is -2.46. The Kier molecular flexibility index (Phi) is 4.71. The summed E-state index contributed by atoms with van der Waals surface area (Å²) < 4.78 is 11.4. The lowest BCUT2D eigenvalue weighted by atomic mass is 9.73. The van der Waals surface area contributed by atoms with E-state index >= 15 is 0 Å². The van der Waals surface area contributed by atoms with Gasteiger partial charge in [-0.3, -0.25) is 0 Å². The van der Waals surface area contributed by atoms with Gasteiger partial charge in [-0.1, -0.05) is 37.5 Å². The van der Waals surface area contributed by atoms with Crippen molar-refractivity contribution in [2.75, 3.05) is 14.2 Å². The maximum Gasteiger partial charge on any atom is 0.123 e. The molecular formula is C17H27NO2. The molecular weight excluding hydrogens is 250 g/mol. The highest BCUT2D eigenvalue weighted by Gasteiger charge is 2.42. The maximum atomic E-state index is 6.62. The van der Waals surface area contributed by atoms with E-state index in [1.54, 1.807) is 14.2 Å². The standard InChI is InChI=1S/C17H27NO2/c1-12-7-8-15(19-3)14(10-12)16(18)17(20-4)9-5-6-13(2)11-17/h7-8,10,13,16H,5-6,9,11,18H2,1-4H3. The third-order valence-corrected chi connectivity index (χ3v) is 4.68. The van der Waals surface area contributed by atoms with Gasteiger partial charge in [-0.25, -0.2) is 0 Å². The van der Waals surface area contributed by atoms with Crippen LogP contribution in [0.1, 0.15) is 49.8 Å². The minimum absolute atomic E-state index is 0.148. The van der Waals surface area contributed by atoms with Crippen molar-refractivity contribution < 1.29 is 9.47 Å². The Morgan fingerprint density at radius 2 is 2.10 bits per heavy atom. The van der Waals surface area contributed by atoms with Gasteiger partial charge in [-0.2, -0.15) is 0 Å². The normalized spacial score (nSPS) is 28.1. The van der Waals surface area contributed by atoms with Gasteiger partial charge in [0.25, 0.3) is 0 Å². The van der Waals surface area contributed by atoms with Gasteiger partial charge in [0, 0.05) is 12.7 Å². The summed E-state index contributed by atoms with van der Waals surface area (Å²) in [5.41, 5.74) is 8.61. The molecule has 3 atom stereocenters. The SMILES string of the molecule is COc1ccc(C)cc1C(N)C1(OC)CCCC(C)C1. The molecule has 1 aliphatic carbocycles. The van der Waals surface area contributed by atoms with Crippen LogP contribution in [-0.2, 0) is 4.74 Å². The Morgan fingerprint density at radius 1 is 1.35 bits per heavy atom. The second kappa shape index (κ2) is 6.15. The second-order valence-electron chi connectivity index (χ2n) is 6.19. The first kappa shape index (κ1) is 15.3. The lowest BCUT2D eigenvalue weighted by Gasteiger charge is -2.43. The molecule has 0 aromatic heterocycles. The Balaban J connectivity index is 2.37. The summed E-state index contributed by atoms with van der Waals surface area (Å²) in [6.07, 6.45) is 4.48. The van der Waals surface area contributed by atoms with Gasteiger partial charge < -0.3 is 15.2 Å². The summed E-state index contributed by atoms with van der Waals surface area (Å²) in [5.74, 6) is 1.52. The zero-order valence-electron chi connectivity index (χ0n) is 13.1. The van der Waals surface area contributed by atoms with Crippen molar-refractivity contribution in [3.05, 3.63) is 29.3 Å². The molecule has 1 saturated carbocycles. The zero-order chi connectivity index (χ0) is 14.8. The number of aryl methyl sites for hydroxylation is 1. The molecule has 3 heteroatoms. The molecule has 0 aliphatic heterocycles. The van der Waals surface area contributed by atoms with Gasteiger partial charge in [-0.15, -0.1) is 0 Å². The van der Waals surface area contributed by atoms with Crippen molar-refractivity contribution in [2.45, 2.75) is 51.2 Å². The van der Waals surface area contributed by atoms with E-state index in [-0.39, 0.29) is 11.6 Å². The predicted octanol–water partition coefficient (Wildman–Crippen LogP) is 3.60. The fourth-order valence-electron chi connectivity index (χ4n) is 3.52. The number of hydrogen-bond donors (Lipinski definition) is 1. The monoisotopic (exact) mass is 277 g/mol. The van der Waals surface area contributed by atoms with Crippen LogP contribution in [0.2, 0.25) is 0 Å². The third-order valence-electron chi connectivity index (χ3n) is 4.68. The van der Waals surface area contributed by atoms with Gasteiger partial charge in [0.05, 0.1) is 18.8 Å². The number of ether oxygens (including phenoxy) is 2. The third kappa shape index (κ3) is 2.84. The molecule has 2 N–H and O–H groups in total. The number of benzene rings is 1. The quantitative estimate of drug-likeness (QED) is 0.914. The summed E-state index contributed by atoms with van der Waals surface area (Å²) in [4.78, 5) is 0. The van der Waals surface area contributed by atoms with Crippen LogP contribution in [0.4, 0.5) is 0 Å². The number of nitrogens with two attached hydrogens (primary N) is 1. The Bertz CT molecular complexity index is 460. The van der Waals surface area contributed by atoms with Gasteiger partial charge in [0.15, 0.2) is 0 Å². The molecule has 3 unspecified atom stereocenters. The second-order valence-corrected chi connectivity index (χ2v) is 6.19. The van der Waals surface area contributed by atoms with E-state index in [0.717, 1.165) is 24.2 Å². The largest absolute Gasteiger partial charge is 0.496 e. The Morgan fingerprint density at radius 3 is 2.70 bits per heavy atom. The van der Waals surface area contributed by atoms with Crippen molar-refractivity contribution in [1.29, 1.82) is 0 Å². The van der Waals surface area contributed by atoms with Crippen molar-refractivity contribution in [3.63, 3.8) is 0 Å². The molecule has 0 saturated heterocycles. The fourth-order valence-corrected chi connectivity index (χ4v) is 3.52. The first-order chi connectivity index (χ1) is 9.52. The molecule has 0 heterocycles. The molecule has 2 rings (SSSR count). The van der Waals surface area contributed by atoms with Crippen molar-refractivity contribution in [1.82, 2.24) is 0 Å². The smallest absolute Gasteiger partial charge is 0.123 e. The van der Waals surface area contributed by atoms with E-state index < -0.39 is 0 Å². The van der Waals surface area contributed by atoms with Crippen LogP contribution >= 0.6 is 0 Å². The molecule has 20 heavy (non-hydrogen) atoms. The van der Waals surface area contributed by atoms with E-state index in [9.17, 15) is 0 Å². The summed E-state index contributed by atoms with van der Waals surface area (Å²) >= 11 is 0. The molecule has 112 valence electrons. The molecule has 0 radical (unpaired) electrons. The summed E-state index contributed by atoms with van der Waals surface area (Å²) in [7, 11) is 3.49. The van der Waals surface area contributed by atoms with E-state index in [0.29, 0.717) is 5.92 Å². The highest BCUT2D eigenvalue weighted by Crippen LogP contribution is 2.44. The molecule has 1 aromatic carbocycles. The fraction of sp³-hybridized carbons (Fsp3) is 0.647. The van der Waals surface area contributed by atoms with Crippen LogP contribution in [0.3, 0.4) is 0 Å². The molecule has 1 aromatic rings. The predicted molar refractivity (Wildman–Crippen MR) is 82.0 cm³/mol. The Hall–Kier alpha value is -1.06. The van der Waals surface area contributed by atoms with E-state index in [4.69, 9.17) is 15.2 Å². The first-order valence-electron chi connectivity index (χ1n) is 7.47. The Labute approximate surface area is 122 Å². The van der Waals surface area contributed by atoms with Crippen molar-refractivity contribution in [2.24, 2.45) is 11.7 Å². The van der Waals surface area contributed by atoms with Gasteiger partial charge in [-0.05, 0) is 31.7 Å². The van der Waals surface area contributed by atoms with E-state index in [1.807, 2.05) is 6.07 Å². The minimum atomic E-state index is -0.265. The molecule has 0 bridgehead atoms. The molecule has 1 fully saturated rings. The highest BCUT2D eigenvalue weighted by atomic mass is 16.5. The van der Waals surface area contributed by atoms with Crippen LogP contribution in [-0.4, -0.2) is 19.8 Å². The van der Waals surface area contributed by atoms with Crippen LogP contribution in [0.25, 0.3) is 0 Å². The first-order valence-corrected chi connectivity index (χ1v) is 7.47. The highest BCUT2D eigenvalue weighted by molar-refractivity contribution is 5.40. The zero-order valence-corrected chi connectivity index (χ0v) is 13.1. The van der Waals surface area contributed by atoms with Crippen LogP contribution < -0.4 is 10.5 Å².